The maximum absolute atomic E-state index is 13.3. The number of carbonyl (C=O) groups is 5. The average Bonchev–Trinajstić information content (AvgIpc) is 3.38. The van der Waals surface area contributed by atoms with Crippen LogP contribution in [0.15, 0.2) is 0 Å². The SMILES string of the molecule is CCCCCCCCCCCCCCCCCCOC(=O)CC[C@H](NC(=O)CCCCCNC(=O)CCCCCNC(=O)CC12CC3CC(CC(C3)C1)C2)C(=O)OCCCCCCCCCCCCCCCCCC. The first kappa shape index (κ1) is 66.6. The van der Waals surface area contributed by atoms with Crippen molar-refractivity contribution in [3.63, 3.8) is 0 Å². The topological polar surface area (TPSA) is 140 Å². The summed E-state index contributed by atoms with van der Waals surface area (Å²) in [6, 6.07) is -0.886. The van der Waals surface area contributed by atoms with E-state index in [2.05, 4.69) is 29.8 Å². The van der Waals surface area contributed by atoms with Crippen molar-refractivity contribution in [2.75, 3.05) is 26.3 Å². The van der Waals surface area contributed by atoms with Crippen LogP contribution >= 0.6 is 0 Å². The number of carbonyl (C=O) groups excluding carboxylic acids is 5. The third-order valence-electron chi connectivity index (χ3n) is 17.3. The zero-order valence-electron chi connectivity index (χ0n) is 49.1. The van der Waals surface area contributed by atoms with Gasteiger partial charge in [0.2, 0.25) is 17.7 Å². The van der Waals surface area contributed by atoms with Crippen molar-refractivity contribution in [1.29, 1.82) is 0 Å². The third kappa shape index (κ3) is 35.5. The molecule has 0 radical (unpaired) electrons. The van der Waals surface area contributed by atoms with Crippen molar-refractivity contribution in [3.05, 3.63) is 0 Å². The van der Waals surface area contributed by atoms with Gasteiger partial charge in [0, 0.05) is 38.8 Å². The molecule has 4 aliphatic carbocycles. The molecule has 1 atom stereocenters. The minimum atomic E-state index is -0.886. The molecule has 4 aliphatic rings. The Morgan fingerprint density at radius 1 is 0.400 bits per heavy atom. The van der Waals surface area contributed by atoms with E-state index in [1.165, 1.54) is 205 Å². The minimum Gasteiger partial charge on any atom is -0.466 e. The highest BCUT2D eigenvalue weighted by Crippen LogP contribution is 2.61. The summed E-state index contributed by atoms with van der Waals surface area (Å²) in [6.45, 7) is 6.51. The molecule has 10 heteroatoms. The Morgan fingerprint density at radius 2 is 0.747 bits per heavy atom. The standard InChI is InChI=1S/C65H119N3O7/c1-3-5-7-9-11-13-15-17-19-21-23-25-27-29-31-39-47-74-63(72)44-43-59(64(73)75-48-40-32-30-28-26-24-22-20-18-16-14-12-10-8-6-4-2)68-61(70)42-36-34-37-45-66-60(69)41-35-33-38-46-67-62(71)55-65-52-56-49-57(53-65)51-58(50-56)54-65/h56-59H,3-55H2,1-2H3,(H,66,69)(H,67,71)(H,68,70)/t56?,57?,58?,59-,65?/m0/s1. The van der Waals surface area contributed by atoms with E-state index >= 15 is 0 Å². The van der Waals surface area contributed by atoms with E-state index in [4.69, 9.17) is 9.47 Å². The van der Waals surface area contributed by atoms with Crippen LogP contribution < -0.4 is 16.0 Å². The fraction of sp³-hybridized carbons (Fsp3) is 0.923. The van der Waals surface area contributed by atoms with Crippen molar-refractivity contribution >= 4 is 29.7 Å². The van der Waals surface area contributed by atoms with E-state index in [0.29, 0.717) is 45.6 Å². The summed E-state index contributed by atoms with van der Waals surface area (Å²) in [4.78, 5) is 64.4. The first-order chi connectivity index (χ1) is 36.7. The Labute approximate surface area is 461 Å². The average molecular weight is 1050 g/mol. The smallest absolute Gasteiger partial charge is 0.328 e. The Kier molecular flexibility index (Phi) is 40.2. The Hall–Kier alpha value is -2.65. The highest BCUT2D eigenvalue weighted by atomic mass is 16.5. The fourth-order valence-corrected chi connectivity index (χ4v) is 13.2. The van der Waals surface area contributed by atoms with Crippen LogP contribution in [0.1, 0.15) is 328 Å². The molecular formula is C65H119N3O7. The summed E-state index contributed by atoms with van der Waals surface area (Å²) in [7, 11) is 0. The highest BCUT2D eigenvalue weighted by molar-refractivity contribution is 5.85. The van der Waals surface area contributed by atoms with Gasteiger partial charge in [0.1, 0.15) is 6.04 Å². The van der Waals surface area contributed by atoms with E-state index in [-0.39, 0.29) is 48.4 Å². The van der Waals surface area contributed by atoms with Crippen LogP contribution in [0.25, 0.3) is 0 Å². The van der Waals surface area contributed by atoms with E-state index in [9.17, 15) is 24.0 Å². The first-order valence-corrected chi connectivity index (χ1v) is 32.9. The number of unbranched alkanes of at least 4 members (excludes halogenated alkanes) is 34. The molecule has 0 unspecified atom stereocenters. The number of hydrogen-bond donors (Lipinski definition) is 3. The van der Waals surface area contributed by atoms with Gasteiger partial charge in [0.05, 0.1) is 13.2 Å². The predicted molar refractivity (Wildman–Crippen MR) is 310 cm³/mol. The summed E-state index contributed by atoms with van der Waals surface area (Å²) in [5.74, 6) is 1.81. The molecule has 0 saturated heterocycles. The van der Waals surface area contributed by atoms with Crippen molar-refractivity contribution in [3.8, 4) is 0 Å². The van der Waals surface area contributed by atoms with Crippen LogP contribution in [-0.2, 0) is 33.4 Å². The molecule has 436 valence electrons. The van der Waals surface area contributed by atoms with E-state index in [0.717, 1.165) is 88.4 Å². The van der Waals surface area contributed by atoms with Gasteiger partial charge in [0.25, 0.3) is 0 Å². The molecule has 0 aromatic heterocycles. The maximum atomic E-state index is 13.3. The van der Waals surface area contributed by atoms with Gasteiger partial charge >= 0.3 is 11.9 Å². The van der Waals surface area contributed by atoms with Crippen molar-refractivity contribution in [2.45, 2.75) is 335 Å². The fourth-order valence-electron chi connectivity index (χ4n) is 13.2. The van der Waals surface area contributed by atoms with Gasteiger partial charge in [0.15, 0.2) is 0 Å². The van der Waals surface area contributed by atoms with Crippen LogP contribution in [-0.4, -0.2) is 62.0 Å². The minimum absolute atomic E-state index is 0.0445. The van der Waals surface area contributed by atoms with Gasteiger partial charge in [-0.2, -0.15) is 0 Å². The lowest BCUT2D eigenvalue weighted by molar-refractivity contribution is -0.149. The van der Waals surface area contributed by atoms with Gasteiger partial charge in [-0.25, -0.2) is 4.79 Å². The number of nitrogens with one attached hydrogen (secondary N) is 3. The molecule has 4 fully saturated rings. The van der Waals surface area contributed by atoms with Gasteiger partial charge in [-0.15, -0.1) is 0 Å². The van der Waals surface area contributed by atoms with Gasteiger partial charge in [-0.1, -0.05) is 219 Å². The largest absolute Gasteiger partial charge is 0.466 e. The highest BCUT2D eigenvalue weighted by Gasteiger charge is 2.51. The van der Waals surface area contributed by atoms with E-state index in [1.54, 1.807) is 0 Å². The number of esters is 2. The maximum Gasteiger partial charge on any atom is 0.328 e. The van der Waals surface area contributed by atoms with E-state index in [1.807, 2.05) is 0 Å². The molecule has 0 heterocycles. The lowest BCUT2D eigenvalue weighted by atomic mass is 9.49. The molecule has 4 saturated carbocycles. The number of ether oxygens (including phenoxy) is 2. The molecule has 3 amide bonds. The number of hydrogen-bond acceptors (Lipinski definition) is 7. The Balaban J connectivity index is 1.21. The van der Waals surface area contributed by atoms with Crippen LogP contribution in [0.2, 0.25) is 0 Å². The predicted octanol–water partition coefficient (Wildman–Crippen LogP) is 16.8. The van der Waals surface area contributed by atoms with Gasteiger partial charge in [-0.3, -0.25) is 19.2 Å². The molecule has 3 N–H and O–H groups in total. The van der Waals surface area contributed by atoms with E-state index < -0.39 is 12.0 Å². The lowest BCUT2D eigenvalue weighted by Crippen LogP contribution is -2.48. The second-order valence-electron chi connectivity index (χ2n) is 24.6. The molecule has 0 aromatic rings. The normalized spacial score (nSPS) is 19.0. The van der Waals surface area contributed by atoms with Crippen LogP contribution in [0, 0.1) is 23.2 Å². The molecule has 4 rings (SSSR count). The zero-order chi connectivity index (χ0) is 53.7. The van der Waals surface area contributed by atoms with Crippen molar-refractivity contribution in [1.82, 2.24) is 16.0 Å². The summed E-state index contributed by atoms with van der Waals surface area (Å²) in [5.41, 5.74) is 0.274. The molecule has 10 nitrogen and oxygen atoms in total. The molecule has 4 bridgehead atoms. The van der Waals surface area contributed by atoms with Gasteiger partial charge in [-0.05, 0) is 107 Å². The summed E-state index contributed by atoms with van der Waals surface area (Å²) in [5, 5.41) is 9.06. The second-order valence-corrected chi connectivity index (χ2v) is 24.6. The van der Waals surface area contributed by atoms with Crippen molar-refractivity contribution < 1.29 is 33.4 Å². The monoisotopic (exact) mass is 1050 g/mol. The number of rotatable bonds is 53. The first-order valence-electron chi connectivity index (χ1n) is 32.9. The van der Waals surface area contributed by atoms with Crippen LogP contribution in [0.3, 0.4) is 0 Å². The summed E-state index contributed by atoms with van der Waals surface area (Å²) in [6.07, 6.45) is 55.5. The summed E-state index contributed by atoms with van der Waals surface area (Å²) >= 11 is 0. The summed E-state index contributed by atoms with van der Waals surface area (Å²) < 4.78 is 11.2. The van der Waals surface area contributed by atoms with Crippen molar-refractivity contribution in [2.24, 2.45) is 23.2 Å². The Morgan fingerprint density at radius 3 is 1.16 bits per heavy atom. The molecule has 75 heavy (non-hydrogen) atoms. The molecular weight excluding hydrogens is 935 g/mol. The molecule has 0 aromatic carbocycles. The van der Waals surface area contributed by atoms with Gasteiger partial charge < -0.3 is 25.4 Å². The molecule has 0 spiro atoms. The quantitative estimate of drug-likeness (QED) is 0.0407. The Bertz CT molecular complexity index is 1420. The zero-order valence-corrected chi connectivity index (χ0v) is 49.1. The van der Waals surface area contributed by atoms with Crippen LogP contribution in [0.4, 0.5) is 0 Å². The lowest BCUT2D eigenvalue weighted by Gasteiger charge is -2.56. The molecule has 0 aliphatic heterocycles. The number of amides is 3. The second kappa shape index (κ2) is 45.2. The van der Waals surface area contributed by atoms with Crippen LogP contribution in [0.5, 0.6) is 0 Å². The third-order valence-corrected chi connectivity index (χ3v) is 17.3.